The van der Waals surface area contributed by atoms with E-state index in [0.717, 1.165) is 6.07 Å². The lowest BCUT2D eigenvalue weighted by Gasteiger charge is -2.25. The first-order valence-electron chi connectivity index (χ1n) is 6.43. The Morgan fingerprint density at radius 3 is 2.59 bits per heavy atom. The summed E-state index contributed by atoms with van der Waals surface area (Å²) in [5.41, 5.74) is 5.45. The zero-order valence-electron chi connectivity index (χ0n) is 11.3. The summed E-state index contributed by atoms with van der Waals surface area (Å²) in [6, 6.07) is 2.25. The molecule has 2 rings (SSSR count). The first-order valence-corrected chi connectivity index (χ1v) is 6.43. The van der Waals surface area contributed by atoms with E-state index in [4.69, 9.17) is 5.73 Å². The van der Waals surface area contributed by atoms with Gasteiger partial charge in [-0.05, 0) is 18.1 Å². The molecule has 1 aromatic rings. The molecule has 0 saturated carbocycles. The summed E-state index contributed by atoms with van der Waals surface area (Å²) in [5, 5.41) is 0. The molecule has 0 fully saturated rings. The SMILES string of the molecule is N[C@H]1CC=C(c2cccc(F)c2F)CN(CC(F)(F)F)C1=O. The van der Waals surface area contributed by atoms with Crippen molar-refractivity contribution in [3.63, 3.8) is 0 Å². The lowest BCUT2D eigenvalue weighted by Crippen LogP contribution is -2.46. The van der Waals surface area contributed by atoms with Crippen molar-refractivity contribution in [1.29, 1.82) is 0 Å². The van der Waals surface area contributed by atoms with Crippen molar-refractivity contribution in [2.45, 2.75) is 18.6 Å². The van der Waals surface area contributed by atoms with Crippen molar-refractivity contribution in [3.8, 4) is 0 Å². The van der Waals surface area contributed by atoms with Gasteiger partial charge in [0.15, 0.2) is 11.6 Å². The maximum absolute atomic E-state index is 13.8. The van der Waals surface area contributed by atoms with Crippen molar-refractivity contribution < 1.29 is 26.7 Å². The molecule has 8 heteroatoms. The van der Waals surface area contributed by atoms with Crippen LogP contribution in [-0.2, 0) is 4.79 Å². The van der Waals surface area contributed by atoms with E-state index in [-0.39, 0.29) is 17.6 Å². The number of hydrogen-bond donors (Lipinski definition) is 1. The molecule has 120 valence electrons. The highest BCUT2D eigenvalue weighted by molar-refractivity contribution is 5.85. The Hall–Kier alpha value is -1.96. The van der Waals surface area contributed by atoms with Gasteiger partial charge in [0.1, 0.15) is 6.54 Å². The third kappa shape index (κ3) is 3.62. The largest absolute Gasteiger partial charge is 0.406 e. The number of halogens is 5. The second-order valence-corrected chi connectivity index (χ2v) is 4.98. The van der Waals surface area contributed by atoms with Crippen LogP contribution >= 0.6 is 0 Å². The number of carbonyl (C=O) groups is 1. The smallest absolute Gasteiger partial charge is 0.328 e. The van der Waals surface area contributed by atoms with Crippen LogP contribution in [0, 0.1) is 11.6 Å². The predicted octanol–water partition coefficient (Wildman–Crippen LogP) is 2.47. The molecule has 0 bridgehead atoms. The highest BCUT2D eigenvalue weighted by Gasteiger charge is 2.36. The molecule has 1 aliphatic heterocycles. The molecule has 2 N–H and O–H groups in total. The van der Waals surface area contributed by atoms with Gasteiger partial charge >= 0.3 is 6.18 Å². The minimum atomic E-state index is -4.61. The Kier molecular flexibility index (Phi) is 4.50. The first kappa shape index (κ1) is 16.4. The lowest BCUT2D eigenvalue weighted by molar-refractivity contribution is -0.160. The number of alkyl halides is 3. The summed E-state index contributed by atoms with van der Waals surface area (Å²) in [4.78, 5) is 12.4. The molecular formula is C14H13F5N2O. The van der Waals surface area contributed by atoms with Crippen LogP contribution in [0.1, 0.15) is 12.0 Å². The van der Waals surface area contributed by atoms with Gasteiger partial charge in [0.2, 0.25) is 5.91 Å². The molecule has 22 heavy (non-hydrogen) atoms. The van der Waals surface area contributed by atoms with Crippen LogP contribution in [0.5, 0.6) is 0 Å². The Bertz CT molecular complexity index is 612. The standard InChI is InChI=1S/C14H13F5N2O/c15-10-3-1-2-9(12(10)16)8-4-5-11(20)13(22)21(6-8)7-14(17,18)19/h1-4,11H,5-7,20H2/t11-/m0/s1. The normalized spacial score (nSPS) is 19.9. The molecule has 0 radical (unpaired) electrons. The van der Waals surface area contributed by atoms with Gasteiger partial charge < -0.3 is 10.6 Å². The van der Waals surface area contributed by atoms with Crippen molar-refractivity contribution in [1.82, 2.24) is 4.90 Å². The van der Waals surface area contributed by atoms with Crippen molar-refractivity contribution in [3.05, 3.63) is 41.5 Å². The number of benzene rings is 1. The zero-order valence-corrected chi connectivity index (χ0v) is 11.3. The van der Waals surface area contributed by atoms with E-state index in [1.165, 1.54) is 18.2 Å². The molecule has 1 atom stereocenters. The second-order valence-electron chi connectivity index (χ2n) is 4.98. The maximum Gasteiger partial charge on any atom is 0.406 e. The Morgan fingerprint density at radius 1 is 1.27 bits per heavy atom. The average Bonchev–Trinajstić information content (AvgIpc) is 2.54. The number of carbonyl (C=O) groups excluding carboxylic acids is 1. The molecule has 3 nitrogen and oxygen atoms in total. The summed E-state index contributed by atoms with van der Waals surface area (Å²) in [5.74, 6) is -3.15. The van der Waals surface area contributed by atoms with Crippen LogP contribution < -0.4 is 5.73 Å². The summed E-state index contributed by atoms with van der Waals surface area (Å²) < 4.78 is 64.7. The maximum atomic E-state index is 13.8. The minimum Gasteiger partial charge on any atom is -0.328 e. The summed E-state index contributed by atoms with van der Waals surface area (Å²) in [6.07, 6.45) is -3.28. The highest BCUT2D eigenvalue weighted by atomic mass is 19.4. The molecule has 1 aromatic carbocycles. The van der Waals surface area contributed by atoms with E-state index in [0.29, 0.717) is 4.90 Å². The summed E-state index contributed by atoms with van der Waals surface area (Å²) in [7, 11) is 0. The molecule has 0 unspecified atom stereocenters. The zero-order chi connectivity index (χ0) is 16.5. The number of amides is 1. The van der Waals surface area contributed by atoms with E-state index in [9.17, 15) is 26.7 Å². The van der Waals surface area contributed by atoms with E-state index in [2.05, 4.69) is 0 Å². The number of nitrogens with zero attached hydrogens (tertiary/aromatic N) is 1. The monoisotopic (exact) mass is 320 g/mol. The van der Waals surface area contributed by atoms with Gasteiger partial charge in [-0.3, -0.25) is 4.79 Å². The van der Waals surface area contributed by atoms with Gasteiger partial charge in [0, 0.05) is 12.1 Å². The average molecular weight is 320 g/mol. The van der Waals surface area contributed by atoms with Gasteiger partial charge in [-0.15, -0.1) is 0 Å². The van der Waals surface area contributed by atoms with Crippen LogP contribution in [0.15, 0.2) is 24.3 Å². The van der Waals surface area contributed by atoms with Gasteiger partial charge in [0.05, 0.1) is 6.04 Å². The molecule has 0 spiro atoms. The van der Waals surface area contributed by atoms with Crippen LogP contribution in [-0.4, -0.2) is 36.1 Å². The van der Waals surface area contributed by atoms with Crippen LogP contribution in [0.2, 0.25) is 0 Å². The van der Waals surface area contributed by atoms with E-state index in [1.807, 2.05) is 0 Å². The van der Waals surface area contributed by atoms with Crippen molar-refractivity contribution >= 4 is 11.5 Å². The van der Waals surface area contributed by atoms with Crippen LogP contribution in [0.25, 0.3) is 5.57 Å². The Balaban J connectivity index is 2.36. The fourth-order valence-electron chi connectivity index (χ4n) is 2.25. The van der Waals surface area contributed by atoms with Gasteiger partial charge in [-0.2, -0.15) is 13.2 Å². The van der Waals surface area contributed by atoms with Gasteiger partial charge in [-0.1, -0.05) is 18.2 Å². The fourth-order valence-corrected chi connectivity index (χ4v) is 2.25. The number of rotatable bonds is 2. The number of nitrogens with two attached hydrogens (primary N) is 1. The Morgan fingerprint density at radius 2 is 1.95 bits per heavy atom. The summed E-state index contributed by atoms with van der Waals surface area (Å²) >= 11 is 0. The van der Waals surface area contributed by atoms with Crippen LogP contribution in [0.3, 0.4) is 0 Å². The Labute approximate surface area is 123 Å². The third-order valence-corrected chi connectivity index (χ3v) is 3.28. The quantitative estimate of drug-likeness (QED) is 0.851. The molecular weight excluding hydrogens is 307 g/mol. The van der Waals surface area contributed by atoms with Crippen LogP contribution in [0.4, 0.5) is 22.0 Å². The van der Waals surface area contributed by atoms with Crippen molar-refractivity contribution in [2.24, 2.45) is 5.73 Å². The number of hydrogen-bond acceptors (Lipinski definition) is 2. The van der Waals surface area contributed by atoms with Gasteiger partial charge in [0.25, 0.3) is 0 Å². The fraction of sp³-hybridized carbons (Fsp3) is 0.357. The molecule has 0 aromatic heterocycles. The van der Waals surface area contributed by atoms with E-state index >= 15 is 0 Å². The molecule has 1 aliphatic rings. The molecule has 0 aliphatic carbocycles. The lowest BCUT2D eigenvalue weighted by atomic mass is 10.0. The highest BCUT2D eigenvalue weighted by Crippen LogP contribution is 2.26. The molecule has 1 amide bonds. The predicted molar refractivity (Wildman–Crippen MR) is 69.6 cm³/mol. The first-order chi connectivity index (χ1) is 10.2. The third-order valence-electron chi connectivity index (χ3n) is 3.28. The van der Waals surface area contributed by atoms with E-state index in [1.54, 1.807) is 0 Å². The van der Waals surface area contributed by atoms with Gasteiger partial charge in [-0.25, -0.2) is 8.78 Å². The summed E-state index contributed by atoms with van der Waals surface area (Å²) in [6.45, 7) is -1.97. The topological polar surface area (TPSA) is 46.3 Å². The van der Waals surface area contributed by atoms with E-state index < -0.39 is 42.8 Å². The van der Waals surface area contributed by atoms with Crippen molar-refractivity contribution in [2.75, 3.05) is 13.1 Å². The second kappa shape index (κ2) is 6.04. The minimum absolute atomic E-state index is 0.0432. The molecule has 1 heterocycles. The molecule has 0 saturated heterocycles.